The van der Waals surface area contributed by atoms with E-state index in [1.807, 2.05) is 40.6 Å². The third-order valence-corrected chi connectivity index (χ3v) is 6.22. The summed E-state index contributed by atoms with van der Waals surface area (Å²) in [5.74, 6) is 1.35. The molecule has 0 N–H and O–H groups in total. The average Bonchev–Trinajstić information content (AvgIpc) is 3.43. The van der Waals surface area contributed by atoms with Crippen molar-refractivity contribution in [1.82, 2.24) is 9.88 Å². The molecule has 1 fully saturated rings. The maximum Gasteiger partial charge on any atom is 0.273 e. The van der Waals surface area contributed by atoms with E-state index >= 15 is 0 Å². The number of amides is 1. The van der Waals surface area contributed by atoms with Crippen LogP contribution in [0.2, 0.25) is 0 Å². The molecule has 1 aliphatic rings. The lowest BCUT2D eigenvalue weighted by atomic mass is 10.0. The minimum absolute atomic E-state index is 0.0168. The third kappa shape index (κ3) is 3.85. The zero-order valence-corrected chi connectivity index (χ0v) is 17.7. The number of carbonyl (C=O) groups excluding carboxylic acids is 1. The Labute approximate surface area is 174 Å². The van der Waals surface area contributed by atoms with Crippen molar-refractivity contribution in [3.63, 3.8) is 0 Å². The van der Waals surface area contributed by atoms with Crippen molar-refractivity contribution in [2.75, 3.05) is 20.8 Å². The molecule has 150 valence electrons. The van der Waals surface area contributed by atoms with Crippen molar-refractivity contribution in [1.29, 1.82) is 0 Å². The standard InChI is InChI=1S/C23H24N2O3S/c1-15-6-8-16(9-7-15)22-24-18(14-29-22)23(26)25-12-4-5-19(25)17-10-11-20(27-2)21(13-17)28-3/h6-11,13-14,19H,4-5,12H2,1-3H3. The average molecular weight is 409 g/mol. The number of benzene rings is 2. The van der Waals surface area contributed by atoms with Gasteiger partial charge >= 0.3 is 0 Å². The van der Waals surface area contributed by atoms with Crippen LogP contribution in [-0.4, -0.2) is 36.6 Å². The van der Waals surface area contributed by atoms with Gasteiger partial charge in [-0.2, -0.15) is 0 Å². The molecule has 0 spiro atoms. The van der Waals surface area contributed by atoms with E-state index in [1.54, 1.807) is 14.2 Å². The van der Waals surface area contributed by atoms with Gasteiger partial charge in [0, 0.05) is 17.5 Å². The van der Waals surface area contributed by atoms with Crippen molar-refractivity contribution in [3.05, 3.63) is 64.7 Å². The minimum atomic E-state index is -0.0168. The Morgan fingerprint density at radius 1 is 1.10 bits per heavy atom. The van der Waals surface area contributed by atoms with Crippen molar-refractivity contribution in [3.8, 4) is 22.1 Å². The Morgan fingerprint density at radius 2 is 1.86 bits per heavy atom. The van der Waals surface area contributed by atoms with E-state index in [0.29, 0.717) is 17.2 Å². The van der Waals surface area contributed by atoms with Gasteiger partial charge in [-0.15, -0.1) is 11.3 Å². The van der Waals surface area contributed by atoms with Gasteiger partial charge < -0.3 is 14.4 Å². The SMILES string of the molecule is COc1ccc(C2CCCN2C(=O)c2csc(-c3ccc(C)cc3)n2)cc1OC. The van der Waals surface area contributed by atoms with Gasteiger partial charge in [-0.1, -0.05) is 35.9 Å². The Hall–Kier alpha value is -2.86. The van der Waals surface area contributed by atoms with Crippen LogP contribution in [0.25, 0.3) is 10.6 Å². The van der Waals surface area contributed by atoms with E-state index in [0.717, 1.165) is 35.5 Å². The molecule has 1 saturated heterocycles. The van der Waals surface area contributed by atoms with Gasteiger partial charge in [0.05, 0.1) is 20.3 Å². The van der Waals surface area contributed by atoms with Crippen LogP contribution in [0.1, 0.15) is 40.5 Å². The quantitative estimate of drug-likeness (QED) is 0.588. The summed E-state index contributed by atoms with van der Waals surface area (Å²) in [5.41, 5.74) is 3.81. The number of likely N-dealkylation sites (tertiary alicyclic amines) is 1. The number of aryl methyl sites for hydroxylation is 1. The summed E-state index contributed by atoms with van der Waals surface area (Å²) in [6, 6.07) is 14.1. The first-order valence-electron chi connectivity index (χ1n) is 9.66. The first-order valence-corrected chi connectivity index (χ1v) is 10.5. The predicted octanol–water partition coefficient (Wildman–Crippen LogP) is 5.11. The lowest BCUT2D eigenvalue weighted by molar-refractivity contribution is 0.0730. The summed E-state index contributed by atoms with van der Waals surface area (Å²) in [4.78, 5) is 19.8. The lowest BCUT2D eigenvalue weighted by Crippen LogP contribution is -2.30. The molecule has 2 heterocycles. The van der Waals surface area contributed by atoms with E-state index < -0.39 is 0 Å². The van der Waals surface area contributed by atoms with Crippen molar-refractivity contribution in [2.45, 2.75) is 25.8 Å². The highest BCUT2D eigenvalue weighted by molar-refractivity contribution is 7.13. The van der Waals surface area contributed by atoms with Crippen LogP contribution in [0.3, 0.4) is 0 Å². The third-order valence-electron chi connectivity index (χ3n) is 5.33. The van der Waals surface area contributed by atoms with E-state index in [1.165, 1.54) is 16.9 Å². The fourth-order valence-corrected chi connectivity index (χ4v) is 4.56. The van der Waals surface area contributed by atoms with Crippen LogP contribution in [0.5, 0.6) is 11.5 Å². The molecule has 0 radical (unpaired) electrons. The molecule has 1 aromatic heterocycles. The Balaban J connectivity index is 1.58. The first kappa shape index (κ1) is 19.5. The molecule has 0 aliphatic carbocycles. The van der Waals surface area contributed by atoms with E-state index in [-0.39, 0.29) is 11.9 Å². The number of thiazole rings is 1. The lowest BCUT2D eigenvalue weighted by Gasteiger charge is -2.25. The van der Waals surface area contributed by atoms with Crippen molar-refractivity contribution < 1.29 is 14.3 Å². The molecule has 1 amide bonds. The van der Waals surface area contributed by atoms with Crippen LogP contribution >= 0.6 is 11.3 Å². The molecule has 29 heavy (non-hydrogen) atoms. The molecule has 0 bridgehead atoms. The highest BCUT2D eigenvalue weighted by Gasteiger charge is 2.32. The Kier molecular flexibility index (Phi) is 5.53. The number of methoxy groups -OCH3 is 2. The van der Waals surface area contributed by atoms with Crippen LogP contribution in [-0.2, 0) is 0 Å². The molecular weight excluding hydrogens is 384 g/mol. The number of hydrogen-bond acceptors (Lipinski definition) is 5. The maximum atomic E-state index is 13.2. The summed E-state index contributed by atoms with van der Waals surface area (Å²) in [7, 11) is 3.25. The predicted molar refractivity (Wildman–Crippen MR) is 115 cm³/mol. The highest BCUT2D eigenvalue weighted by Crippen LogP contribution is 2.38. The summed E-state index contributed by atoms with van der Waals surface area (Å²) >= 11 is 1.51. The molecule has 1 atom stereocenters. The zero-order valence-electron chi connectivity index (χ0n) is 16.8. The molecule has 1 aliphatic heterocycles. The number of rotatable bonds is 5. The number of nitrogens with zero attached hydrogens (tertiary/aromatic N) is 2. The van der Waals surface area contributed by atoms with Gasteiger partial charge in [0.25, 0.3) is 5.91 Å². The second kappa shape index (κ2) is 8.25. The van der Waals surface area contributed by atoms with Crippen LogP contribution in [0, 0.1) is 6.92 Å². The van der Waals surface area contributed by atoms with Crippen LogP contribution in [0.15, 0.2) is 47.8 Å². The van der Waals surface area contributed by atoms with Gasteiger partial charge in [0.15, 0.2) is 11.5 Å². The minimum Gasteiger partial charge on any atom is -0.493 e. The Bertz CT molecular complexity index is 1010. The van der Waals surface area contributed by atoms with E-state index in [2.05, 4.69) is 24.0 Å². The molecule has 3 aromatic rings. The number of ether oxygens (including phenoxy) is 2. The van der Waals surface area contributed by atoms with Crippen molar-refractivity contribution >= 4 is 17.2 Å². The van der Waals surface area contributed by atoms with Gasteiger partial charge in [0.1, 0.15) is 10.7 Å². The molecule has 4 rings (SSSR count). The number of hydrogen-bond donors (Lipinski definition) is 0. The van der Waals surface area contributed by atoms with Gasteiger partial charge in [-0.25, -0.2) is 4.98 Å². The number of carbonyl (C=O) groups is 1. The molecule has 2 aromatic carbocycles. The molecular formula is C23H24N2O3S. The maximum absolute atomic E-state index is 13.2. The Morgan fingerprint density at radius 3 is 2.59 bits per heavy atom. The molecule has 1 unspecified atom stereocenters. The smallest absolute Gasteiger partial charge is 0.273 e. The first-order chi connectivity index (χ1) is 14.1. The zero-order chi connectivity index (χ0) is 20.4. The summed E-state index contributed by atoms with van der Waals surface area (Å²) in [6.07, 6.45) is 1.90. The van der Waals surface area contributed by atoms with Crippen LogP contribution in [0.4, 0.5) is 0 Å². The number of aromatic nitrogens is 1. The highest BCUT2D eigenvalue weighted by atomic mass is 32.1. The van der Waals surface area contributed by atoms with Gasteiger partial charge in [0.2, 0.25) is 0 Å². The van der Waals surface area contributed by atoms with E-state index in [4.69, 9.17) is 9.47 Å². The fourth-order valence-electron chi connectivity index (χ4n) is 3.76. The summed E-state index contributed by atoms with van der Waals surface area (Å²) in [5, 5.41) is 2.73. The topological polar surface area (TPSA) is 51.7 Å². The summed E-state index contributed by atoms with van der Waals surface area (Å²) < 4.78 is 10.8. The normalized spacial score (nSPS) is 16.1. The van der Waals surface area contributed by atoms with Gasteiger partial charge in [-0.3, -0.25) is 4.79 Å². The largest absolute Gasteiger partial charge is 0.493 e. The van der Waals surface area contributed by atoms with Crippen LogP contribution < -0.4 is 9.47 Å². The van der Waals surface area contributed by atoms with Crippen molar-refractivity contribution in [2.24, 2.45) is 0 Å². The molecule has 5 nitrogen and oxygen atoms in total. The molecule has 6 heteroatoms. The molecule has 0 saturated carbocycles. The van der Waals surface area contributed by atoms with Gasteiger partial charge in [-0.05, 0) is 37.5 Å². The fraction of sp³-hybridized carbons (Fsp3) is 0.304. The second-order valence-electron chi connectivity index (χ2n) is 7.17. The van der Waals surface area contributed by atoms with E-state index in [9.17, 15) is 4.79 Å². The summed E-state index contributed by atoms with van der Waals surface area (Å²) in [6.45, 7) is 2.79. The monoisotopic (exact) mass is 408 g/mol. The second-order valence-corrected chi connectivity index (χ2v) is 8.03.